The van der Waals surface area contributed by atoms with Gasteiger partial charge in [0, 0.05) is 27.1 Å². The second-order valence-corrected chi connectivity index (χ2v) is 9.23. The molecule has 0 aromatic heterocycles. The van der Waals surface area contributed by atoms with Crippen LogP contribution >= 0.6 is 0 Å². The van der Waals surface area contributed by atoms with Crippen LogP contribution in [0.3, 0.4) is 0 Å². The number of rotatable bonds is 15. The summed E-state index contributed by atoms with van der Waals surface area (Å²) in [6.45, 7) is 2.42. The van der Waals surface area contributed by atoms with Crippen molar-refractivity contribution in [3.8, 4) is 0 Å². The van der Waals surface area contributed by atoms with Crippen LogP contribution in [0.1, 0.15) is 58.3 Å². The van der Waals surface area contributed by atoms with E-state index in [0.29, 0.717) is 0 Å². The third-order valence-corrected chi connectivity index (χ3v) is 6.57. The van der Waals surface area contributed by atoms with Crippen LogP contribution in [0, 0.1) is 0 Å². The number of hydrogen-bond acceptors (Lipinski definition) is 6. The molecule has 1 aromatic rings. The van der Waals surface area contributed by atoms with Crippen molar-refractivity contribution < 1.29 is 27.9 Å². The third kappa shape index (κ3) is 9.67. The summed E-state index contributed by atoms with van der Waals surface area (Å²) in [5.41, 5.74) is 0.112. The van der Waals surface area contributed by atoms with Gasteiger partial charge in [-0.3, -0.25) is 10.1 Å². The first kappa shape index (κ1) is 26.9. The number of nitrogens with zero attached hydrogens (tertiary/aromatic N) is 2. The van der Waals surface area contributed by atoms with Gasteiger partial charge in [0.25, 0.3) is 10.0 Å². The van der Waals surface area contributed by atoms with Crippen LogP contribution in [0.15, 0.2) is 29.2 Å². The monoisotopic (exact) mass is 457 g/mol. The van der Waals surface area contributed by atoms with E-state index in [2.05, 4.69) is 12.2 Å². The Kier molecular flexibility index (Phi) is 12.1. The molecule has 2 N–H and O–H groups in total. The lowest BCUT2D eigenvalue weighted by atomic mass is 10.1. The molecular formula is C21H35N3O6S. The molecule has 0 saturated heterocycles. The second-order valence-electron chi connectivity index (χ2n) is 7.42. The number of para-hydroxylation sites is 1. The summed E-state index contributed by atoms with van der Waals surface area (Å²) in [5, 5.41) is 12.7. The Labute approximate surface area is 185 Å². The Morgan fingerprint density at radius 2 is 1.68 bits per heavy atom. The number of carbonyl (C=O) groups is 2. The Morgan fingerprint density at radius 1 is 1.03 bits per heavy atom. The predicted octanol–water partition coefficient (Wildman–Crippen LogP) is 3.93. The molecule has 0 bridgehead atoms. The Morgan fingerprint density at radius 3 is 2.32 bits per heavy atom. The standard InChI is InChI=1S/C21H35N3O6S/c1-4-5-6-7-8-11-17-30-21(27)22-18-13-9-10-14-19(18)31(28,29)24(23(2)3)16-12-15-20(25)26/h9-10,13-14H,4-8,11-12,15-17H2,1-3H3,(H,22,27)(H,25,26). The SMILES string of the molecule is CCCCCCCCOC(=O)Nc1ccccc1S(=O)(=O)N(CCCC(=O)O)N(C)C. The first-order valence-electron chi connectivity index (χ1n) is 10.6. The Balaban J connectivity index is 2.77. The number of sulfonamides is 1. The lowest BCUT2D eigenvalue weighted by Crippen LogP contribution is -2.42. The highest BCUT2D eigenvalue weighted by molar-refractivity contribution is 7.89. The lowest BCUT2D eigenvalue weighted by molar-refractivity contribution is -0.137. The number of carboxylic acids is 1. The van der Waals surface area contributed by atoms with E-state index in [4.69, 9.17) is 9.84 Å². The average molecular weight is 458 g/mol. The number of carbonyl (C=O) groups excluding carboxylic acids is 1. The van der Waals surface area contributed by atoms with E-state index < -0.39 is 22.1 Å². The molecule has 0 atom stereocenters. The summed E-state index contributed by atoms with van der Waals surface area (Å²) in [6, 6.07) is 6.06. The number of aliphatic carboxylic acids is 1. The van der Waals surface area contributed by atoms with Crippen LogP contribution in [0.4, 0.5) is 10.5 Å². The number of hydrogen-bond donors (Lipinski definition) is 2. The number of hydrazine groups is 1. The number of carboxylic acid groups (broad SMARTS) is 1. The summed E-state index contributed by atoms with van der Waals surface area (Å²) in [7, 11) is -0.899. The molecule has 0 aliphatic heterocycles. The topological polar surface area (TPSA) is 116 Å². The van der Waals surface area contributed by atoms with Gasteiger partial charge in [-0.1, -0.05) is 51.2 Å². The molecule has 0 aliphatic rings. The maximum Gasteiger partial charge on any atom is 0.411 e. The molecule has 0 aliphatic carbocycles. The van der Waals surface area contributed by atoms with E-state index in [1.807, 2.05) is 0 Å². The van der Waals surface area contributed by atoms with Crippen molar-refractivity contribution in [2.45, 2.75) is 63.2 Å². The van der Waals surface area contributed by atoms with Crippen LogP contribution in [0.25, 0.3) is 0 Å². The van der Waals surface area contributed by atoms with Gasteiger partial charge in [-0.15, -0.1) is 4.41 Å². The maximum atomic E-state index is 13.2. The summed E-state index contributed by atoms with van der Waals surface area (Å²) in [4.78, 5) is 22.8. The van der Waals surface area contributed by atoms with Gasteiger partial charge in [0.05, 0.1) is 12.3 Å². The van der Waals surface area contributed by atoms with E-state index in [-0.39, 0.29) is 36.6 Å². The van der Waals surface area contributed by atoms with Gasteiger partial charge in [-0.25, -0.2) is 18.2 Å². The van der Waals surface area contributed by atoms with Crippen LogP contribution in [0.5, 0.6) is 0 Å². The van der Waals surface area contributed by atoms with E-state index in [1.165, 1.54) is 36.4 Å². The Hall–Kier alpha value is -2.17. The minimum absolute atomic E-state index is 0.00154. The molecular weight excluding hydrogens is 422 g/mol. The molecule has 1 rings (SSSR count). The zero-order valence-corrected chi connectivity index (χ0v) is 19.5. The largest absolute Gasteiger partial charge is 0.481 e. The second kappa shape index (κ2) is 14.0. The van der Waals surface area contributed by atoms with Gasteiger partial charge in [0.1, 0.15) is 4.90 Å². The normalized spacial score (nSPS) is 11.6. The fourth-order valence-corrected chi connectivity index (χ4v) is 4.68. The van der Waals surface area contributed by atoms with Gasteiger partial charge in [-0.2, -0.15) is 0 Å². The molecule has 0 radical (unpaired) electrons. The quantitative estimate of drug-likeness (QED) is 0.303. The van der Waals surface area contributed by atoms with Crippen LogP contribution < -0.4 is 5.32 Å². The highest BCUT2D eigenvalue weighted by Crippen LogP contribution is 2.25. The molecule has 0 spiro atoms. The zero-order valence-electron chi connectivity index (χ0n) is 18.7. The molecule has 9 nitrogen and oxygen atoms in total. The summed E-state index contributed by atoms with van der Waals surface area (Å²) >= 11 is 0. The molecule has 31 heavy (non-hydrogen) atoms. The zero-order chi connectivity index (χ0) is 23.3. The third-order valence-electron chi connectivity index (χ3n) is 4.60. The van der Waals surface area contributed by atoms with E-state index in [0.717, 1.165) is 23.7 Å². The summed E-state index contributed by atoms with van der Waals surface area (Å²) < 4.78 is 32.6. The van der Waals surface area contributed by atoms with Crippen molar-refractivity contribution >= 4 is 27.8 Å². The highest BCUT2D eigenvalue weighted by atomic mass is 32.2. The molecule has 0 unspecified atom stereocenters. The molecule has 0 fully saturated rings. The Bertz CT molecular complexity index is 798. The van der Waals surface area contributed by atoms with Gasteiger partial charge < -0.3 is 9.84 Å². The number of nitrogens with one attached hydrogen (secondary N) is 1. The molecule has 176 valence electrons. The van der Waals surface area contributed by atoms with Crippen molar-refractivity contribution in [3.05, 3.63) is 24.3 Å². The fraction of sp³-hybridized carbons (Fsp3) is 0.619. The fourth-order valence-electron chi connectivity index (χ4n) is 3.00. The minimum Gasteiger partial charge on any atom is -0.481 e. The molecule has 0 heterocycles. The van der Waals surface area contributed by atoms with Crippen molar-refractivity contribution in [2.24, 2.45) is 0 Å². The van der Waals surface area contributed by atoms with Crippen molar-refractivity contribution in [3.63, 3.8) is 0 Å². The minimum atomic E-state index is -4.02. The molecule has 0 saturated carbocycles. The molecule has 10 heteroatoms. The van der Waals surface area contributed by atoms with Gasteiger partial charge in [-0.05, 0) is 25.0 Å². The molecule has 1 amide bonds. The van der Waals surface area contributed by atoms with Gasteiger partial charge in [0.15, 0.2) is 0 Å². The van der Waals surface area contributed by atoms with Crippen molar-refractivity contribution in [1.82, 2.24) is 9.42 Å². The van der Waals surface area contributed by atoms with Crippen LogP contribution in [-0.4, -0.2) is 62.3 Å². The van der Waals surface area contributed by atoms with Crippen molar-refractivity contribution in [2.75, 3.05) is 32.6 Å². The lowest BCUT2D eigenvalue weighted by Gasteiger charge is -2.28. The number of amides is 1. The van der Waals surface area contributed by atoms with Gasteiger partial charge in [0.2, 0.25) is 0 Å². The van der Waals surface area contributed by atoms with Gasteiger partial charge >= 0.3 is 12.1 Å². The predicted molar refractivity (Wildman–Crippen MR) is 119 cm³/mol. The van der Waals surface area contributed by atoms with E-state index in [9.17, 15) is 18.0 Å². The first-order chi connectivity index (χ1) is 14.7. The smallest absolute Gasteiger partial charge is 0.411 e. The number of benzene rings is 1. The first-order valence-corrected chi connectivity index (χ1v) is 12.1. The summed E-state index contributed by atoms with van der Waals surface area (Å²) in [5.74, 6) is -0.994. The highest BCUT2D eigenvalue weighted by Gasteiger charge is 2.29. The maximum absolute atomic E-state index is 13.2. The van der Waals surface area contributed by atoms with Crippen LogP contribution in [0.2, 0.25) is 0 Å². The van der Waals surface area contributed by atoms with E-state index >= 15 is 0 Å². The summed E-state index contributed by atoms with van der Waals surface area (Å²) in [6.07, 6.45) is 5.68. The van der Waals surface area contributed by atoms with Crippen molar-refractivity contribution in [1.29, 1.82) is 0 Å². The number of ether oxygens (including phenoxy) is 1. The van der Waals surface area contributed by atoms with Crippen LogP contribution in [-0.2, 0) is 19.6 Å². The number of anilines is 1. The number of unbranched alkanes of at least 4 members (excludes halogenated alkanes) is 5. The molecule has 1 aromatic carbocycles. The average Bonchev–Trinajstić information content (AvgIpc) is 2.70. The van der Waals surface area contributed by atoms with E-state index in [1.54, 1.807) is 26.2 Å².